The third kappa shape index (κ3) is 4.06. The molecule has 1 aliphatic heterocycles. The number of benzene rings is 1. The summed E-state index contributed by atoms with van der Waals surface area (Å²) in [6.45, 7) is 6.32. The summed E-state index contributed by atoms with van der Waals surface area (Å²) in [6.07, 6.45) is 2.57. The Bertz CT molecular complexity index is 425. The highest BCUT2D eigenvalue weighted by Crippen LogP contribution is 2.13. The summed E-state index contributed by atoms with van der Waals surface area (Å²) < 4.78 is 0. The number of hydrogen-bond acceptors (Lipinski definition) is 2. The zero-order valence-electron chi connectivity index (χ0n) is 11.9. The van der Waals surface area contributed by atoms with Gasteiger partial charge in [0.2, 0.25) is 5.91 Å². The van der Waals surface area contributed by atoms with Gasteiger partial charge in [-0.25, -0.2) is 0 Å². The lowest BCUT2D eigenvalue weighted by Gasteiger charge is -2.19. The van der Waals surface area contributed by atoms with E-state index < -0.39 is 0 Å². The van der Waals surface area contributed by atoms with Crippen molar-refractivity contribution in [3.8, 4) is 0 Å². The standard InChI is InChI=1S/C16H24N2O/c1-12-5-3-4-6-14(12)7-8-16(19)18-13(2)15-9-10-17-11-15/h3-6,13,15,17H,7-11H2,1-2H3,(H,18,19). The highest BCUT2D eigenvalue weighted by Gasteiger charge is 2.22. The van der Waals surface area contributed by atoms with Crippen molar-refractivity contribution in [1.82, 2.24) is 10.6 Å². The molecule has 1 fully saturated rings. The summed E-state index contributed by atoms with van der Waals surface area (Å²) in [5, 5.41) is 6.47. The number of carbonyl (C=O) groups excluding carboxylic acids is 1. The van der Waals surface area contributed by atoms with E-state index in [1.807, 2.05) is 12.1 Å². The monoisotopic (exact) mass is 260 g/mol. The first-order chi connectivity index (χ1) is 9.16. The zero-order chi connectivity index (χ0) is 13.7. The molecule has 1 aromatic rings. The smallest absolute Gasteiger partial charge is 0.220 e. The molecule has 3 heteroatoms. The van der Waals surface area contributed by atoms with Crippen molar-refractivity contribution in [1.29, 1.82) is 0 Å². The lowest BCUT2D eigenvalue weighted by molar-refractivity contribution is -0.121. The predicted molar refractivity (Wildman–Crippen MR) is 78.1 cm³/mol. The van der Waals surface area contributed by atoms with Gasteiger partial charge in [0, 0.05) is 12.5 Å². The quantitative estimate of drug-likeness (QED) is 0.850. The fourth-order valence-electron chi connectivity index (χ4n) is 2.69. The lowest BCUT2D eigenvalue weighted by Crippen LogP contribution is -2.39. The van der Waals surface area contributed by atoms with Crippen LogP contribution in [0.2, 0.25) is 0 Å². The van der Waals surface area contributed by atoms with E-state index in [4.69, 9.17) is 0 Å². The van der Waals surface area contributed by atoms with Gasteiger partial charge in [0.05, 0.1) is 0 Å². The Morgan fingerprint density at radius 3 is 2.95 bits per heavy atom. The van der Waals surface area contributed by atoms with E-state index in [-0.39, 0.29) is 11.9 Å². The topological polar surface area (TPSA) is 41.1 Å². The van der Waals surface area contributed by atoms with Crippen LogP contribution >= 0.6 is 0 Å². The molecular weight excluding hydrogens is 236 g/mol. The normalized spacial score (nSPS) is 20.2. The number of amides is 1. The molecule has 1 heterocycles. The van der Waals surface area contributed by atoms with Crippen molar-refractivity contribution < 1.29 is 4.79 Å². The lowest BCUT2D eigenvalue weighted by atomic mass is 10.00. The first-order valence-electron chi connectivity index (χ1n) is 7.21. The molecule has 0 bridgehead atoms. The Kier molecular flexibility index (Phi) is 4.97. The van der Waals surface area contributed by atoms with Crippen molar-refractivity contribution in [2.24, 2.45) is 5.92 Å². The van der Waals surface area contributed by atoms with Crippen LogP contribution in [0.1, 0.15) is 30.9 Å². The van der Waals surface area contributed by atoms with E-state index in [0.29, 0.717) is 12.3 Å². The summed E-state index contributed by atoms with van der Waals surface area (Å²) >= 11 is 0. The van der Waals surface area contributed by atoms with Crippen molar-refractivity contribution in [2.75, 3.05) is 13.1 Å². The van der Waals surface area contributed by atoms with Crippen molar-refractivity contribution >= 4 is 5.91 Å². The molecule has 1 aliphatic rings. The van der Waals surface area contributed by atoms with Crippen LogP contribution in [0, 0.1) is 12.8 Å². The van der Waals surface area contributed by atoms with Gasteiger partial charge >= 0.3 is 0 Å². The van der Waals surface area contributed by atoms with E-state index in [9.17, 15) is 4.79 Å². The van der Waals surface area contributed by atoms with Crippen molar-refractivity contribution in [3.63, 3.8) is 0 Å². The van der Waals surface area contributed by atoms with Gasteiger partial charge in [0.25, 0.3) is 0 Å². The molecule has 2 rings (SSSR count). The Labute approximate surface area is 115 Å². The molecule has 1 amide bonds. The number of hydrogen-bond donors (Lipinski definition) is 2. The third-order valence-electron chi connectivity index (χ3n) is 4.08. The van der Waals surface area contributed by atoms with Crippen molar-refractivity contribution in [2.45, 2.75) is 39.2 Å². The van der Waals surface area contributed by atoms with Crippen molar-refractivity contribution in [3.05, 3.63) is 35.4 Å². The Morgan fingerprint density at radius 1 is 1.47 bits per heavy atom. The minimum absolute atomic E-state index is 0.169. The molecule has 104 valence electrons. The number of carbonyl (C=O) groups is 1. The molecule has 0 radical (unpaired) electrons. The number of nitrogens with one attached hydrogen (secondary N) is 2. The van der Waals surface area contributed by atoms with Crippen LogP contribution < -0.4 is 10.6 Å². The van der Waals surface area contributed by atoms with Crippen LogP contribution in [-0.4, -0.2) is 25.0 Å². The van der Waals surface area contributed by atoms with Crippen LogP contribution in [0.25, 0.3) is 0 Å². The molecule has 0 aliphatic carbocycles. The number of rotatable bonds is 5. The van der Waals surface area contributed by atoms with Crippen LogP contribution in [0.4, 0.5) is 0 Å². The summed E-state index contributed by atoms with van der Waals surface area (Å²) in [7, 11) is 0. The number of aryl methyl sites for hydroxylation is 2. The summed E-state index contributed by atoms with van der Waals surface area (Å²) in [6, 6.07) is 8.55. The average molecular weight is 260 g/mol. The maximum Gasteiger partial charge on any atom is 0.220 e. The van der Waals surface area contributed by atoms with Gasteiger partial charge in [-0.3, -0.25) is 4.79 Å². The Balaban J connectivity index is 1.77. The molecule has 0 saturated carbocycles. The minimum atomic E-state index is 0.169. The molecule has 0 aromatic heterocycles. The molecule has 2 unspecified atom stereocenters. The van der Waals surface area contributed by atoms with Gasteiger partial charge in [-0.1, -0.05) is 24.3 Å². The Morgan fingerprint density at radius 2 is 2.26 bits per heavy atom. The van der Waals surface area contributed by atoms with E-state index >= 15 is 0 Å². The maximum absolute atomic E-state index is 12.0. The maximum atomic E-state index is 12.0. The van der Waals surface area contributed by atoms with Crippen LogP contribution in [0.5, 0.6) is 0 Å². The molecule has 0 spiro atoms. The van der Waals surface area contributed by atoms with Crippen LogP contribution in [0.3, 0.4) is 0 Å². The Hall–Kier alpha value is -1.35. The fraction of sp³-hybridized carbons (Fsp3) is 0.562. The summed E-state index contributed by atoms with van der Waals surface area (Å²) in [5.74, 6) is 0.755. The average Bonchev–Trinajstić information content (AvgIpc) is 2.91. The van der Waals surface area contributed by atoms with Gasteiger partial charge in [-0.05, 0) is 56.8 Å². The van der Waals surface area contributed by atoms with Gasteiger partial charge in [0.15, 0.2) is 0 Å². The molecule has 1 saturated heterocycles. The third-order valence-corrected chi connectivity index (χ3v) is 4.08. The second-order valence-electron chi connectivity index (χ2n) is 5.54. The summed E-state index contributed by atoms with van der Waals surface area (Å²) in [5.41, 5.74) is 2.54. The first kappa shape index (κ1) is 14.1. The molecular formula is C16H24N2O. The second-order valence-corrected chi connectivity index (χ2v) is 5.54. The predicted octanol–water partition coefficient (Wildman–Crippen LogP) is 2.04. The first-order valence-corrected chi connectivity index (χ1v) is 7.21. The molecule has 2 N–H and O–H groups in total. The van der Waals surface area contributed by atoms with Crippen LogP contribution in [0.15, 0.2) is 24.3 Å². The molecule has 1 aromatic carbocycles. The second kappa shape index (κ2) is 6.71. The zero-order valence-corrected chi connectivity index (χ0v) is 11.9. The van der Waals surface area contributed by atoms with Gasteiger partial charge in [0.1, 0.15) is 0 Å². The van der Waals surface area contributed by atoms with E-state index in [1.54, 1.807) is 0 Å². The van der Waals surface area contributed by atoms with E-state index in [2.05, 4.69) is 36.6 Å². The van der Waals surface area contributed by atoms with E-state index in [1.165, 1.54) is 17.5 Å². The minimum Gasteiger partial charge on any atom is -0.353 e. The molecule has 3 nitrogen and oxygen atoms in total. The highest BCUT2D eigenvalue weighted by atomic mass is 16.1. The van der Waals surface area contributed by atoms with Gasteiger partial charge in [-0.2, -0.15) is 0 Å². The largest absolute Gasteiger partial charge is 0.353 e. The fourth-order valence-corrected chi connectivity index (χ4v) is 2.69. The highest BCUT2D eigenvalue weighted by molar-refractivity contribution is 5.76. The SMILES string of the molecule is Cc1ccccc1CCC(=O)NC(C)C1CCNC1. The van der Waals surface area contributed by atoms with E-state index in [0.717, 1.165) is 19.5 Å². The van der Waals surface area contributed by atoms with Gasteiger partial charge < -0.3 is 10.6 Å². The van der Waals surface area contributed by atoms with Crippen LogP contribution in [-0.2, 0) is 11.2 Å². The molecule has 2 atom stereocenters. The van der Waals surface area contributed by atoms with Gasteiger partial charge in [-0.15, -0.1) is 0 Å². The molecule has 19 heavy (non-hydrogen) atoms. The summed E-state index contributed by atoms with van der Waals surface area (Å²) in [4.78, 5) is 12.0.